The second-order valence-electron chi connectivity index (χ2n) is 14.0. The van der Waals surface area contributed by atoms with Crippen LogP contribution in [0.3, 0.4) is 0 Å². The van der Waals surface area contributed by atoms with Gasteiger partial charge in [-0.25, -0.2) is 0 Å². The molecule has 4 saturated carbocycles. The van der Waals surface area contributed by atoms with E-state index in [1.165, 1.54) is 44.1 Å². The smallest absolute Gasteiger partial charge is 0.139 e. The van der Waals surface area contributed by atoms with Gasteiger partial charge in [0, 0.05) is 18.3 Å². The first-order valence-corrected chi connectivity index (χ1v) is 16.4. The number of allylic oxidation sites excluding steroid dienone is 4. The molecule has 0 amide bonds. The van der Waals surface area contributed by atoms with E-state index in [-0.39, 0.29) is 10.8 Å². The molecule has 4 rings (SSSR count). The standard InChI is InChI=1S/C36H56O4/c1-5-6-7-8-11-34(40)36(21-22-36)20-18-29(37)15-12-25(2)31-16-17-32-27(10-9-19-35(31,32)4)13-14-28-23-30(38)24-33(39)26(28)3/h12-15,25,29-33,37-39H,3,5-11,16-24H2,1-2,4H3/b15-12+,27-13+,28-14-/t25-,29-,30-,31-,32+,33+,35-/m1/s1. The lowest BCUT2D eigenvalue weighted by molar-refractivity contribution is -0.124. The summed E-state index contributed by atoms with van der Waals surface area (Å²) in [4.78, 5) is 12.8. The van der Waals surface area contributed by atoms with Gasteiger partial charge in [-0.2, -0.15) is 0 Å². The lowest BCUT2D eigenvalue weighted by atomic mass is 9.61. The van der Waals surface area contributed by atoms with E-state index in [4.69, 9.17) is 0 Å². The van der Waals surface area contributed by atoms with Gasteiger partial charge >= 0.3 is 0 Å². The topological polar surface area (TPSA) is 77.8 Å². The van der Waals surface area contributed by atoms with Gasteiger partial charge in [0.2, 0.25) is 0 Å². The largest absolute Gasteiger partial charge is 0.393 e. The highest BCUT2D eigenvalue weighted by molar-refractivity contribution is 5.87. The summed E-state index contributed by atoms with van der Waals surface area (Å²) in [5.74, 6) is 1.99. The molecule has 0 heterocycles. The van der Waals surface area contributed by atoms with Gasteiger partial charge in [-0.3, -0.25) is 4.79 Å². The molecule has 0 aromatic carbocycles. The first kappa shape index (κ1) is 31.4. The van der Waals surface area contributed by atoms with Crippen molar-refractivity contribution in [1.82, 2.24) is 0 Å². The summed E-state index contributed by atoms with van der Waals surface area (Å²) in [6, 6.07) is 0. The number of aliphatic hydroxyl groups excluding tert-OH is 3. The fraction of sp³-hybridized carbons (Fsp3) is 0.750. The average Bonchev–Trinajstić information content (AvgIpc) is 3.64. The molecule has 0 aliphatic heterocycles. The second kappa shape index (κ2) is 13.7. The van der Waals surface area contributed by atoms with Crippen molar-refractivity contribution in [1.29, 1.82) is 0 Å². The van der Waals surface area contributed by atoms with E-state index in [0.717, 1.165) is 56.1 Å². The number of fused-ring (bicyclic) bond motifs is 1. The van der Waals surface area contributed by atoms with Gasteiger partial charge in [-0.05, 0) is 105 Å². The highest BCUT2D eigenvalue weighted by Gasteiger charge is 2.50. The first-order chi connectivity index (χ1) is 19.1. The Kier molecular flexibility index (Phi) is 10.7. The third-order valence-electron chi connectivity index (χ3n) is 11.2. The van der Waals surface area contributed by atoms with Crippen LogP contribution in [0.5, 0.6) is 0 Å². The van der Waals surface area contributed by atoms with Crippen molar-refractivity contribution in [2.75, 3.05) is 0 Å². The van der Waals surface area contributed by atoms with Crippen molar-refractivity contribution in [3.63, 3.8) is 0 Å². The van der Waals surface area contributed by atoms with Crippen molar-refractivity contribution in [2.45, 2.75) is 142 Å². The average molecular weight is 553 g/mol. The molecule has 0 aromatic heterocycles. The highest BCUT2D eigenvalue weighted by atomic mass is 16.3. The minimum absolute atomic E-state index is 0.126. The number of hydrogen-bond acceptors (Lipinski definition) is 4. The van der Waals surface area contributed by atoms with Crippen LogP contribution in [0.25, 0.3) is 0 Å². The lowest BCUT2D eigenvalue weighted by Gasteiger charge is -2.44. The molecule has 4 fully saturated rings. The van der Waals surface area contributed by atoms with E-state index in [9.17, 15) is 20.1 Å². The molecule has 0 unspecified atom stereocenters. The summed E-state index contributed by atoms with van der Waals surface area (Å²) in [5, 5.41) is 31.1. The summed E-state index contributed by atoms with van der Waals surface area (Å²) in [6.45, 7) is 11.1. The highest BCUT2D eigenvalue weighted by Crippen LogP contribution is 2.59. The normalized spacial score (nSPS) is 35.3. The van der Waals surface area contributed by atoms with Crippen LogP contribution in [0.4, 0.5) is 0 Å². The molecule has 4 heteroatoms. The number of hydrogen-bond donors (Lipinski definition) is 3. The lowest BCUT2D eigenvalue weighted by Crippen LogP contribution is -2.35. The summed E-state index contributed by atoms with van der Waals surface area (Å²) in [6.07, 6.45) is 22.8. The molecule has 0 aromatic rings. The van der Waals surface area contributed by atoms with Gasteiger partial charge in [-0.15, -0.1) is 0 Å². The molecule has 0 spiro atoms. The van der Waals surface area contributed by atoms with Gasteiger partial charge in [0.1, 0.15) is 5.78 Å². The Bertz CT molecular complexity index is 985. The van der Waals surface area contributed by atoms with Crippen LogP contribution in [0.15, 0.2) is 47.6 Å². The summed E-state index contributed by atoms with van der Waals surface area (Å²) in [7, 11) is 0. The van der Waals surface area contributed by atoms with Gasteiger partial charge in [0.05, 0.1) is 18.3 Å². The molecule has 4 nitrogen and oxygen atoms in total. The Morgan fingerprint density at radius 3 is 2.60 bits per heavy atom. The minimum Gasteiger partial charge on any atom is -0.393 e. The Morgan fingerprint density at radius 2 is 1.88 bits per heavy atom. The van der Waals surface area contributed by atoms with Crippen molar-refractivity contribution in [2.24, 2.45) is 28.6 Å². The maximum atomic E-state index is 12.8. The van der Waals surface area contributed by atoms with Crippen LogP contribution in [-0.2, 0) is 4.79 Å². The zero-order chi connectivity index (χ0) is 28.9. The van der Waals surface area contributed by atoms with Crippen molar-refractivity contribution < 1.29 is 20.1 Å². The molecule has 0 saturated heterocycles. The Hall–Kier alpha value is -1.49. The Balaban J connectivity index is 1.31. The number of aliphatic hydroxyl groups is 3. The molecule has 0 radical (unpaired) electrons. The summed E-state index contributed by atoms with van der Waals surface area (Å²) in [5.41, 5.74) is 3.38. The first-order valence-electron chi connectivity index (χ1n) is 16.4. The van der Waals surface area contributed by atoms with E-state index in [1.54, 1.807) is 0 Å². The molecule has 4 aliphatic carbocycles. The fourth-order valence-corrected chi connectivity index (χ4v) is 8.36. The van der Waals surface area contributed by atoms with Crippen LogP contribution in [-0.4, -0.2) is 39.4 Å². The minimum atomic E-state index is -0.644. The van der Waals surface area contributed by atoms with E-state index in [2.05, 4.69) is 45.6 Å². The zero-order valence-corrected chi connectivity index (χ0v) is 25.5. The maximum Gasteiger partial charge on any atom is 0.139 e. The van der Waals surface area contributed by atoms with Crippen LogP contribution >= 0.6 is 0 Å². The molecule has 7 atom stereocenters. The summed E-state index contributed by atoms with van der Waals surface area (Å²) >= 11 is 0. The SMILES string of the molecule is C=C1/C(=C\C=C2/CCC[C@]3(C)[C@@H]([C@H](C)/C=C/[C@@H](O)CCC4(C(=O)CCCCCC)CC4)CC[C@@H]23)C[C@@H](O)C[C@@H]1O. The molecule has 0 bridgehead atoms. The number of unbranched alkanes of at least 4 members (excludes halogenated alkanes) is 3. The van der Waals surface area contributed by atoms with Crippen LogP contribution in [0.1, 0.15) is 124 Å². The van der Waals surface area contributed by atoms with Crippen molar-refractivity contribution in [3.8, 4) is 0 Å². The third-order valence-corrected chi connectivity index (χ3v) is 11.2. The summed E-state index contributed by atoms with van der Waals surface area (Å²) < 4.78 is 0. The number of carbonyl (C=O) groups excluding carboxylic acids is 1. The van der Waals surface area contributed by atoms with Crippen molar-refractivity contribution in [3.05, 3.63) is 47.6 Å². The predicted octanol–water partition coefficient (Wildman–Crippen LogP) is 7.78. The van der Waals surface area contributed by atoms with E-state index < -0.39 is 18.3 Å². The van der Waals surface area contributed by atoms with E-state index in [1.807, 2.05) is 6.08 Å². The monoisotopic (exact) mass is 552 g/mol. The molecule has 40 heavy (non-hydrogen) atoms. The predicted molar refractivity (Wildman–Crippen MR) is 164 cm³/mol. The molecular formula is C36H56O4. The van der Waals surface area contributed by atoms with E-state index >= 15 is 0 Å². The zero-order valence-electron chi connectivity index (χ0n) is 25.5. The Labute approximate surface area is 243 Å². The molecule has 4 aliphatic rings. The number of ketones is 1. The molecule has 3 N–H and O–H groups in total. The quantitative estimate of drug-likeness (QED) is 0.161. The van der Waals surface area contributed by atoms with Gasteiger partial charge in [0.15, 0.2) is 0 Å². The fourth-order valence-electron chi connectivity index (χ4n) is 8.36. The van der Waals surface area contributed by atoms with Gasteiger partial charge in [0.25, 0.3) is 0 Å². The van der Waals surface area contributed by atoms with Crippen LogP contribution in [0, 0.1) is 28.6 Å². The molecule has 224 valence electrons. The van der Waals surface area contributed by atoms with Gasteiger partial charge < -0.3 is 15.3 Å². The number of Topliss-reactive ketones (excluding diaryl/α,β-unsaturated/α-hetero) is 1. The number of rotatable bonds is 13. The van der Waals surface area contributed by atoms with E-state index in [0.29, 0.717) is 42.8 Å². The third kappa shape index (κ3) is 7.28. The van der Waals surface area contributed by atoms with Gasteiger partial charge in [-0.1, -0.05) is 76.5 Å². The second-order valence-corrected chi connectivity index (χ2v) is 14.0. The maximum absolute atomic E-state index is 12.8. The van der Waals surface area contributed by atoms with Crippen LogP contribution < -0.4 is 0 Å². The van der Waals surface area contributed by atoms with Crippen molar-refractivity contribution >= 4 is 5.78 Å². The number of carbonyl (C=O) groups is 1. The van der Waals surface area contributed by atoms with Crippen LogP contribution in [0.2, 0.25) is 0 Å². The Morgan fingerprint density at radius 1 is 1.10 bits per heavy atom. The molecular weight excluding hydrogens is 496 g/mol.